The average molecular weight is 270 g/mol. The summed E-state index contributed by atoms with van der Waals surface area (Å²) in [5.41, 5.74) is 1.68. The highest BCUT2D eigenvalue weighted by Gasteiger charge is 2.20. The van der Waals surface area contributed by atoms with Crippen LogP contribution in [-0.4, -0.2) is 56.0 Å². The third kappa shape index (κ3) is 4.85. The van der Waals surface area contributed by atoms with Crippen molar-refractivity contribution in [2.24, 2.45) is 0 Å². The zero-order valence-corrected chi connectivity index (χ0v) is 11.4. The van der Waals surface area contributed by atoms with E-state index in [9.17, 15) is 9.59 Å². The molecular formula is C10H15BN2O4S. The lowest BCUT2D eigenvalue weighted by Gasteiger charge is -2.15. The molecule has 0 radical (unpaired) electrons. The van der Waals surface area contributed by atoms with Crippen LogP contribution in [0, 0.1) is 0 Å². The van der Waals surface area contributed by atoms with Gasteiger partial charge < -0.3 is 9.39 Å². The Bertz CT molecular complexity index is 399. The number of esters is 1. The van der Waals surface area contributed by atoms with Crippen molar-refractivity contribution in [2.45, 2.75) is 6.82 Å². The van der Waals surface area contributed by atoms with Gasteiger partial charge in [0.25, 0.3) is 0 Å². The quantitative estimate of drug-likeness (QED) is 0.518. The van der Waals surface area contributed by atoms with Crippen LogP contribution in [0.15, 0.2) is 11.7 Å². The molecule has 18 heavy (non-hydrogen) atoms. The van der Waals surface area contributed by atoms with Crippen molar-refractivity contribution in [1.82, 2.24) is 9.88 Å². The van der Waals surface area contributed by atoms with Gasteiger partial charge in [-0.2, -0.15) is 0 Å². The first-order chi connectivity index (χ1) is 8.52. The summed E-state index contributed by atoms with van der Waals surface area (Å²) in [5, 5.41) is 0. The minimum absolute atomic E-state index is 0.0399. The molecule has 0 spiro atoms. The summed E-state index contributed by atoms with van der Waals surface area (Å²) in [6.45, 7) is 1.56. The summed E-state index contributed by atoms with van der Waals surface area (Å²) in [4.78, 5) is 28.0. The van der Waals surface area contributed by atoms with Crippen LogP contribution in [0.1, 0.15) is 0 Å². The lowest BCUT2D eigenvalue weighted by molar-refractivity contribution is -0.142. The average Bonchev–Trinajstić information content (AvgIpc) is 2.81. The number of carbonyl (C=O) groups is 2. The standard InChI is InChI=1S/C10H15BN2O4S/c1-11(8-4-12-7-18-8)17-10(15)6-13(2)5-9(14)16-3/h4,7H,5-6H2,1-3H3. The smallest absolute Gasteiger partial charge is 0.403 e. The van der Waals surface area contributed by atoms with Crippen molar-refractivity contribution < 1.29 is 19.0 Å². The molecule has 0 aliphatic carbocycles. The molecule has 1 rings (SSSR count). The van der Waals surface area contributed by atoms with E-state index in [2.05, 4.69) is 9.72 Å². The molecule has 0 saturated carbocycles. The second kappa shape index (κ2) is 7.12. The van der Waals surface area contributed by atoms with Gasteiger partial charge in [-0.3, -0.25) is 19.5 Å². The molecule has 0 aliphatic rings. The van der Waals surface area contributed by atoms with Gasteiger partial charge in [0, 0.05) is 11.0 Å². The van der Waals surface area contributed by atoms with Gasteiger partial charge in [0.1, 0.15) is 0 Å². The number of methoxy groups -OCH3 is 1. The fraction of sp³-hybridized carbons (Fsp3) is 0.500. The number of rotatable bonds is 6. The highest BCUT2D eigenvalue weighted by Crippen LogP contribution is 1.96. The molecule has 0 N–H and O–H groups in total. The maximum Gasteiger partial charge on any atom is 0.403 e. The number of hydrogen-bond donors (Lipinski definition) is 0. The zero-order valence-electron chi connectivity index (χ0n) is 10.6. The molecule has 1 heterocycles. The van der Waals surface area contributed by atoms with Crippen LogP contribution in [-0.2, 0) is 19.0 Å². The van der Waals surface area contributed by atoms with E-state index < -0.39 is 0 Å². The molecule has 6 nitrogen and oxygen atoms in total. The summed E-state index contributed by atoms with van der Waals surface area (Å²) in [6.07, 6.45) is 1.67. The molecular weight excluding hydrogens is 255 g/mol. The Labute approximate surface area is 110 Å². The molecule has 8 heteroatoms. The Balaban J connectivity index is 2.35. The second-order valence-electron chi connectivity index (χ2n) is 3.78. The molecule has 0 aliphatic heterocycles. The van der Waals surface area contributed by atoms with Gasteiger partial charge in [-0.15, -0.1) is 11.3 Å². The molecule has 0 bridgehead atoms. The van der Waals surface area contributed by atoms with Gasteiger partial charge in [0.15, 0.2) is 0 Å². The van der Waals surface area contributed by atoms with E-state index >= 15 is 0 Å². The van der Waals surface area contributed by atoms with E-state index in [0.29, 0.717) is 0 Å². The first kappa shape index (κ1) is 14.7. The van der Waals surface area contributed by atoms with E-state index in [-0.39, 0.29) is 31.9 Å². The summed E-state index contributed by atoms with van der Waals surface area (Å²) in [5.74, 6) is -0.775. The number of carbonyl (C=O) groups excluding carboxylic acids is 2. The van der Waals surface area contributed by atoms with Crippen LogP contribution in [0.5, 0.6) is 0 Å². The Morgan fingerprint density at radius 1 is 1.44 bits per heavy atom. The number of aromatic nitrogens is 1. The first-order valence-corrected chi connectivity index (χ1v) is 6.24. The molecule has 0 amide bonds. The first-order valence-electron chi connectivity index (χ1n) is 5.36. The SMILES string of the molecule is COC(=O)CN(C)CC(=O)OB(C)c1cncs1. The fourth-order valence-corrected chi connectivity index (χ4v) is 1.89. The largest absolute Gasteiger partial charge is 0.529 e. The topological polar surface area (TPSA) is 68.7 Å². The highest BCUT2D eigenvalue weighted by molar-refractivity contribution is 7.21. The Kier molecular flexibility index (Phi) is 5.80. The van der Waals surface area contributed by atoms with Crippen LogP contribution >= 0.6 is 11.3 Å². The van der Waals surface area contributed by atoms with Gasteiger partial charge in [0.05, 0.1) is 25.7 Å². The summed E-state index contributed by atoms with van der Waals surface area (Å²) in [7, 11) is 2.95. The van der Waals surface area contributed by atoms with E-state index in [1.807, 2.05) is 0 Å². The summed E-state index contributed by atoms with van der Waals surface area (Å²) in [6, 6.07) is 0. The third-order valence-corrected chi connectivity index (χ3v) is 3.12. The van der Waals surface area contributed by atoms with Crippen molar-refractivity contribution in [3.63, 3.8) is 0 Å². The van der Waals surface area contributed by atoms with Gasteiger partial charge in [-0.1, -0.05) is 0 Å². The van der Waals surface area contributed by atoms with Gasteiger partial charge >= 0.3 is 18.9 Å². The van der Waals surface area contributed by atoms with E-state index in [0.717, 1.165) is 4.78 Å². The minimum atomic E-state index is -0.388. The van der Waals surface area contributed by atoms with Crippen LogP contribution in [0.4, 0.5) is 0 Å². The van der Waals surface area contributed by atoms with Crippen LogP contribution in [0.2, 0.25) is 6.82 Å². The number of thiazole rings is 1. The number of likely N-dealkylation sites (N-methyl/N-ethyl adjacent to an activating group) is 1. The highest BCUT2D eigenvalue weighted by atomic mass is 32.1. The van der Waals surface area contributed by atoms with Crippen LogP contribution < -0.4 is 4.78 Å². The Hall–Kier alpha value is -1.41. The lowest BCUT2D eigenvalue weighted by Crippen LogP contribution is -2.37. The molecule has 98 valence electrons. The second-order valence-corrected chi connectivity index (χ2v) is 4.70. The Morgan fingerprint density at radius 2 is 2.11 bits per heavy atom. The zero-order chi connectivity index (χ0) is 13.5. The molecule has 1 aromatic rings. The molecule has 1 aromatic heterocycles. The van der Waals surface area contributed by atoms with E-state index in [4.69, 9.17) is 4.65 Å². The monoisotopic (exact) mass is 270 g/mol. The maximum absolute atomic E-state index is 11.6. The maximum atomic E-state index is 11.6. The van der Waals surface area contributed by atoms with E-state index in [1.54, 1.807) is 25.6 Å². The molecule has 0 unspecified atom stereocenters. The molecule has 0 atom stereocenters. The lowest BCUT2D eigenvalue weighted by atomic mass is 9.70. The number of nitrogens with zero attached hydrogens (tertiary/aromatic N) is 2. The van der Waals surface area contributed by atoms with Crippen LogP contribution in [0.25, 0.3) is 0 Å². The van der Waals surface area contributed by atoms with Crippen molar-refractivity contribution in [1.29, 1.82) is 0 Å². The van der Waals surface area contributed by atoms with Crippen molar-refractivity contribution >= 4 is 35.0 Å². The number of ether oxygens (including phenoxy) is 1. The summed E-state index contributed by atoms with van der Waals surface area (Å²) >= 11 is 1.43. The van der Waals surface area contributed by atoms with Gasteiger partial charge in [-0.05, 0) is 13.9 Å². The Morgan fingerprint density at radius 3 is 2.67 bits per heavy atom. The van der Waals surface area contributed by atoms with Crippen LogP contribution in [0.3, 0.4) is 0 Å². The molecule has 0 saturated heterocycles. The predicted octanol–water partition coefficient (Wildman–Crippen LogP) is -0.381. The van der Waals surface area contributed by atoms with Crippen molar-refractivity contribution in [3.05, 3.63) is 11.7 Å². The molecule has 0 aromatic carbocycles. The molecule has 0 fully saturated rings. The van der Waals surface area contributed by atoms with E-state index in [1.165, 1.54) is 23.3 Å². The van der Waals surface area contributed by atoms with Gasteiger partial charge in [0.2, 0.25) is 0 Å². The minimum Gasteiger partial charge on any atom is -0.529 e. The predicted molar refractivity (Wildman–Crippen MR) is 69.0 cm³/mol. The normalized spacial score (nSPS) is 10.2. The number of hydrogen-bond acceptors (Lipinski definition) is 7. The third-order valence-electron chi connectivity index (χ3n) is 2.19. The van der Waals surface area contributed by atoms with Gasteiger partial charge in [-0.25, -0.2) is 0 Å². The van der Waals surface area contributed by atoms with Crippen molar-refractivity contribution in [2.75, 3.05) is 27.2 Å². The fourth-order valence-electron chi connectivity index (χ4n) is 1.28. The summed E-state index contributed by atoms with van der Waals surface area (Å²) < 4.78 is 10.6. The van der Waals surface area contributed by atoms with Crippen molar-refractivity contribution in [3.8, 4) is 0 Å².